The summed E-state index contributed by atoms with van der Waals surface area (Å²) in [5, 5.41) is 0. The van der Waals surface area contributed by atoms with E-state index >= 15 is 0 Å². The second kappa shape index (κ2) is 25.3. The molecule has 0 saturated heterocycles. The highest BCUT2D eigenvalue weighted by Gasteiger charge is 2.32. The van der Waals surface area contributed by atoms with E-state index in [2.05, 4.69) is 0 Å². The number of hydrogen-bond acceptors (Lipinski definition) is 8. The van der Waals surface area contributed by atoms with Crippen LogP contribution >= 0.6 is 0 Å². The number of unbranched alkanes of at least 4 members (excludes halogenated alkanes) is 3. The maximum absolute atomic E-state index is 6.09. The Kier molecular flexibility index (Phi) is 25.1. The van der Waals surface area contributed by atoms with Gasteiger partial charge in [0.2, 0.25) is 0 Å². The smallest absolute Gasteiger partial charge is 0.0637 e. The lowest BCUT2D eigenvalue weighted by Crippen LogP contribution is -2.42. The Morgan fingerprint density at radius 2 is 0.625 bits per heavy atom. The summed E-state index contributed by atoms with van der Waals surface area (Å²) in [6.45, 7) is 7.67. The van der Waals surface area contributed by atoms with E-state index in [1.54, 1.807) is 28.4 Å². The third-order valence-corrected chi connectivity index (χ3v) is 4.93. The first kappa shape index (κ1) is 31.7. The van der Waals surface area contributed by atoms with E-state index in [-0.39, 0.29) is 5.41 Å². The molecule has 0 heterocycles. The fourth-order valence-corrected chi connectivity index (χ4v) is 3.12. The molecule has 0 saturated carbocycles. The van der Waals surface area contributed by atoms with Crippen LogP contribution in [-0.4, -0.2) is 108 Å². The first-order chi connectivity index (χ1) is 15.7. The maximum Gasteiger partial charge on any atom is 0.0637 e. The maximum atomic E-state index is 6.09. The van der Waals surface area contributed by atoms with Crippen molar-refractivity contribution in [1.29, 1.82) is 0 Å². The van der Waals surface area contributed by atoms with Gasteiger partial charge < -0.3 is 37.9 Å². The van der Waals surface area contributed by atoms with Crippen molar-refractivity contribution in [3.63, 3.8) is 0 Å². The molecule has 0 spiro atoms. The summed E-state index contributed by atoms with van der Waals surface area (Å²) >= 11 is 0. The molecule has 32 heavy (non-hydrogen) atoms. The molecule has 0 aliphatic heterocycles. The van der Waals surface area contributed by atoms with E-state index in [1.165, 1.54) is 0 Å². The van der Waals surface area contributed by atoms with Crippen molar-refractivity contribution in [3.05, 3.63) is 0 Å². The van der Waals surface area contributed by atoms with Crippen LogP contribution in [0, 0.1) is 5.41 Å². The summed E-state index contributed by atoms with van der Waals surface area (Å²) in [6.07, 6.45) is 7.02. The monoisotopic (exact) mass is 466 g/mol. The van der Waals surface area contributed by atoms with Crippen molar-refractivity contribution in [2.75, 3.05) is 108 Å². The Morgan fingerprint density at radius 1 is 0.344 bits per heavy atom. The van der Waals surface area contributed by atoms with E-state index in [0.717, 1.165) is 58.2 Å². The Labute approximate surface area is 196 Å². The summed E-state index contributed by atoms with van der Waals surface area (Å²) in [4.78, 5) is 0. The minimum atomic E-state index is -0.344. The molecule has 0 amide bonds. The van der Waals surface area contributed by atoms with Crippen molar-refractivity contribution >= 4 is 0 Å². The molecule has 0 atom stereocenters. The topological polar surface area (TPSA) is 73.8 Å². The number of rotatable bonds is 27. The molecular formula is C24H50O8. The Hall–Kier alpha value is -0.320. The fourth-order valence-electron chi connectivity index (χ4n) is 3.12. The molecule has 0 aromatic rings. The van der Waals surface area contributed by atoms with Crippen LogP contribution in [0.4, 0.5) is 0 Å². The first-order valence-corrected chi connectivity index (χ1v) is 12.0. The normalized spacial score (nSPS) is 12.0. The zero-order chi connectivity index (χ0) is 23.6. The molecule has 0 aliphatic rings. The molecule has 0 unspecified atom stereocenters. The molecule has 0 aliphatic carbocycles. The third kappa shape index (κ3) is 20.3. The van der Waals surface area contributed by atoms with Crippen molar-refractivity contribution in [2.24, 2.45) is 5.41 Å². The number of ether oxygens (including phenoxy) is 8. The van der Waals surface area contributed by atoms with Crippen LogP contribution in [0.5, 0.6) is 0 Å². The van der Waals surface area contributed by atoms with E-state index in [9.17, 15) is 0 Å². The van der Waals surface area contributed by atoms with Crippen LogP contribution in [0.25, 0.3) is 0 Å². The minimum Gasteiger partial charge on any atom is -0.385 e. The van der Waals surface area contributed by atoms with Gasteiger partial charge >= 0.3 is 0 Å². The zero-order valence-electron chi connectivity index (χ0n) is 21.2. The molecule has 0 bridgehead atoms. The number of hydrogen-bond donors (Lipinski definition) is 0. The van der Waals surface area contributed by atoms with E-state index in [0.29, 0.717) is 66.1 Å². The molecule has 8 nitrogen and oxygen atoms in total. The predicted octanol–water partition coefficient (Wildman–Crippen LogP) is 3.36. The predicted molar refractivity (Wildman–Crippen MR) is 126 cm³/mol. The zero-order valence-corrected chi connectivity index (χ0v) is 21.2. The Bertz CT molecular complexity index is 321. The SMILES string of the molecule is COCCCCCCOCC(COCCCOC)(COCCCOC)COCCCOC. The molecular weight excluding hydrogens is 416 g/mol. The lowest BCUT2D eigenvalue weighted by Gasteiger charge is -2.33. The van der Waals surface area contributed by atoms with Crippen molar-refractivity contribution < 1.29 is 37.9 Å². The second-order valence-corrected chi connectivity index (χ2v) is 8.16. The molecule has 8 heteroatoms. The largest absolute Gasteiger partial charge is 0.385 e. The van der Waals surface area contributed by atoms with Gasteiger partial charge in [-0.05, 0) is 32.1 Å². The highest BCUT2D eigenvalue weighted by molar-refractivity contribution is 4.79. The van der Waals surface area contributed by atoms with Gasteiger partial charge in [0.1, 0.15) is 0 Å². The van der Waals surface area contributed by atoms with E-state index in [4.69, 9.17) is 37.9 Å². The van der Waals surface area contributed by atoms with E-state index in [1.807, 2.05) is 0 Å². The summed E-state index contributed by atoms with van der Waals surface area (Å²) in [5.41, 5.74) is -0.344. The van der Waals surface area contributed by atoms with Gasteiger partial charge in [-0.15, -0.1) is 0 Å². The summed E-state index contributed by atoms with van der Waals surface area (Å²) in [6, 6.07) is 0. The quantitative estimate of drug-likeness (QED) is 0.171. The van der Waals surface area contributed by atoms with Crippen LogP contribution < -0.4 is 0 Å². The van der Waals surface area contributed by atoms with Crippen LogP contribution in [0.15, 0.2) is 0 Å². The molecule has 0 radical (unpaired) electrons. The summed E-state index contributed by atoms with van der Waals surface area (Å²) in [5.74, 6) is 0. The van der Waals surface area contributed by atoms with Gasteiger partial charge in [0.25, 0.3) is 0 Å². The molecule has 0 fully saturated rings. The molecule has 0 N–H and O–H groups in total. The van der Waals surface area contributed by atoms with Gasteiger partial charge in [0, 0.05) is 81.3 Å². The van der Waals surface area contributed by atoms with Crippen molar-refractivity contribution in [1.82, 2.24) is 0 Å². The highest BCUT2D eigenvalue weighted by Crippen LogP contribution is 2.21. The Balaban J connectivity index is 4.66. The average Bonchev–Trinajstić information content (AvgIpc) is 2.80. The summed E-state index contributed by atoms with van der Waals surface area (Å²) < 4.78 is 44.5. The van der Waals surface area contributed by atoms with Crippen LogP contribution in [-0.2, 0) is 37.9 Å². The second-order valence-electron chi connectivity index (χ2n) is 8.16. The van der Waals surface area contributed by atoms with E-state index < -0.39 is 0 Å². The fraction of sp³-hybridized carbons (Fsp3) is 1.00. The van der Waals surface area contributed by atoms with Crippen molar-refractivity contribution in [2.45, 2.75) is 44.9 Å². The van der Waals surface area contributed by atoms with Crippen LogP contribution in [0.2, 0.25) is 0 Å². The van der Waals surface area contributed by atoms with Crippen LogP contribution in [0.1, 0.15) is 44.9 Å². The van der Waals surface area contributed by atoms with Gasteiger partial charge in [-0.25, -0.2) is 0 Å². The molecule has 0 aromatic heterocycles. The van der Waals surface area contributed by atoms with Gasteiger partial charge in [0.15, 0.2) is 0 Å². The lowest BCUT2D eigenvalue weighted by atomic mass is 9.92. The lowest BCUT2D eigenvalue weighted by molar-refractivity contribution is -0.109. The standard InChI is InChI=1S/C24H50O8/c1-25-12-7-5-6-8-16-29-20-24(21-30-17-9-13-26-2,22-31-18-10-14-27-3)23-32-19-11-15-28-4/h5-23H2,1-4H3. The first-order valence-electron chi connectivity index (χ1n) is 12.0. The van der Waals surface area contributed by atoms with Crippen LogP contribution in [0.3, 0.4) is 0 Å². The van der Waals surface area contributed by atoms with Crippen molar-refractivity contribution in [3.8, 4) is 0 Å². The number of methoxy groups -OCH3 is 4. The molecule has 0 rings (SSSR count). The van der Waals surface area contributed by atoms with Gasteiger partial charge in [-0.3, -0.25) is 0 Å². The van der Waals surface area contributed by atoms with Gasteiger partial charge in [-0.2, -0.15) is 0 Å². The third-order valence-electron chi connectivity index (χ3n) is 4.93. The molecule has 194 valence electrons. The molecule has 0 aromatic carbocycles. The minimum absolute atomic E-state index is 0.344. The summed E-state index contributed by atoms with van der Waals surface area (Å²) in [7, 11) is 6.86. The average molecular weight is 467 g/mol. The van der Waals surface area contributed by atoms with Gasteiger partial charge in [0.05, 0.1) is 31.8 Å². The van der Waals surface area contributed by atoms with Gasteiger partial charge in [-0.1, -0.05) is 12.8 Å². The highest BCUT2D eigenvalue weighted by atomic mass is 16.5. The Morgan fingerprint density at radius 3 is 0.969 bits per heavy atom.